The van der Waals surface area contributed by atoms with Gasteiger partial charge in [0.15, 0.2) is 30.3 Å². The molecular weight excluding hydrogens is 1310 g/mol. The van der Waals surface area contributed by atoms with E-state index < -0.39 is 132 Å². The van der Waals surface area contributed by atoms with E-state index in [0.29, 0.717) is 64.3 Å². The van der Waals surface area contributed by atoms with Gasteiger partial charge in [0.1, 0.15) is 37.0 Å². The summed E-state index contributed by atoms with van der Waals surface area (Å²) in [4.78, 5) is 122. The van der Waals surface area contributed by atoms with E-state index in [0.717, 1.165) is 148 Å². The summed E-state index contributed by atoms with van der Waals surface area (Å²) in [6.45, 7) is 7.47. The zero-order valence-electron chi connectivity index (χ0n) is 60.4. The molecule has 26 nitrogen and oxygen atoms in total. The van der Waals surface area contributed by atoms with Crippen LogP contribution in [0.25, 0.3) is 0 Å². The summed E-state index contributed by atoms with van der Waals surface area (Å²) in [5.41, 5.74) is -2.64. The van der Waals surface area contributed by atoms with E-state index in [9.17, 15) is 72.8 Å². The molecule has 98 heavy (non-hydrogen) atoms. The van der Waals surface area contributed by atoms with Crippen molar-refractivity contribution >= 4 is 51.2 Å². The third-order valence-corrected chi connectivity index (χ3v) is 19.5. The average Bonchev–Trinajstić information content (AvgIpc) is 0.744. The fraction of sp³-hybridized carbons (Fsp3) is 0.914. The molecule has 11 atom stereocenters. The molecule has 2 saturated heterocycles. The van der Waals surface area contributed by atoms with Crippen molar-refractivity contribution in [2.75, 3.05) is 26.3 Å². The highest BCUT2D eigenvalue weighted by Gasteiger charge is 2.63. The molecular formula is C70H132N4O22P2. The van der Waals surface area contributed by atoms with E-state index in [-0.39, 0.29) is 38.0 Å². The van der Waals surface area contributed by atoms with Crippen LogP contribution in [-0.4, -0.2) is 164 Å². The minimum atomic E-state index is -5.53. The van der Waals surface area contributed by atoms with Gasteiger partial charge >= 0.3 is 27.6 Å². The predicted molar refractivity (Wildman–Crippen MR) is 373 cm³/mol. The summed E-state index contributed by atoms with van der Waals surface area (Å²) < 4.78 is 65.8. The minimum absolute atomic E-state index is 0.00996. The normalized spacial score (nSPS) is 22.3. The van der Waals surface area contributed by atoms with Gasteiger partial charge < -0.3 is 79.8 Å². The van der Waals surface area contributed by atoms with Crippen molar-refractivity contribution in [3.05, 3.63) is 0 Å². The van der Waals surface area contributed by atoms with E-state index in [1.807, 2.05) is 0 Å². The van der Waals surface area contributed by atoms with E-state index in [4.69, 9.17) is 32.7 Å². The fourth-order valence-corrected chi connectivity index (χ4v) is 13.8. The lowest BCUT2D eigenvalue weighted by Gasteiger charge is -2.53. The average molecular weight is 1440 g/mol. The molecule has 2 fully saturated rings. The number of phosphoric ester groups is 2. The number of hydrogen-bond acceptors (Lipinski definition) is 18. The van der Waals surface area contributed by atoms with Crippen LogP contribution in [0.1, 0.15) is 317 Å². The van der Waals surface area contributed by atoms with Crippen molar-refractivity contribution in [3.63, 3.8) is 0 Å². The Hall–Kier alpha value is -3.20. The van der Waals surface area contributed by atoms with Crippen molar-refractivity contribution in [1.29, 1.82) is 0 Å². The van der Waals surface area contributed by atoms with Crippen LogP contribution in [-0.2, 0) is 70.6 Å². The number of rotatable bonds is 61. The number of carbonyl (C=O) groups is 6. The fourth-order valence-electron chi connectivity index (χ4n) is 12.7. The van der Waals surface area contributed by atoms with Crippen LogP contribution in [0.5, 0.6) is 0 Å². The molecule has 1 unspecified atom stereocenters. The first kappa shape index (κ1) is 90.9. The van der Waals surface area contributed by atoms with Crippen LogP contribution in [0.15, 0.2) is 0 Å². The Morgan fingerprint density at radius 1 is 0.469 bits per heavy atom. The first-order valence-electron chi connectivity index (χ1n) is 37.9. The lowest BCUT2D eigenvalue weighted by molar-refractivity contribution is -0.319. The molecule has 574 valence electrons. The molecule has 0 radical (unpaired) electrons. The number of unbranched alkanes of at least 4 members (excludes halogenated alkanes) is 34. The van der Waals surface area contributed by atoms with Crippen LogP contribution < -0.4 is 21.3 Å². The Bertz CT molecular complexity index is 2250. The maximum absolute atomic E-state index is 14.1. The van der Waals surface area contributed by atoms with E-state index in [2.05, 4.69) is 49.0 Å². The molecule has 28 heteroatoms. The SMILES string of the molecule is CCCCCCCCCCCCCC(=O)N[C@H]1[C@H](OC[C@H]2O[C@H](O)[C@@](NC(=O)CCCCCCCNC(=O)CCCCC)(C(C)OP(=O)(O)O)[C@@H](OC(=O)CCCCCCCCCCCCC)[C@@H]2O)O[C@H](CO)[C@@H](OP(=O)(O)O)[C@@H]1OC(=O)CNC(=O)CCCCCCCCCCC. The lowest BCUT2D eigenvalue weighted by atomic mass is 9.78. The largest absolute Gasteiger partial charge is 0.470 e. The number of nitrogens with one attached hydrogen (secondary N) is 4. The zero-order valence-corrected chi connectivity index (χ0v) is 62.2. The van der Waals surface area contributed by atoms with Gasteiger partial charge in [0.25, 0.3) is 0 Å². The number of phosphoric acid groups is 2. The minimum Gasteiger partial charge on any atom is -0.457 e. The summed E-state index contributed by atoms with van der Waals surface area (Å²) in [7, 11) is -11.0. The molecule has 0 aliphatic carbocycles. The topological polar surface area (TPSA) is 391 Å². The van der Waals surface area contributed by atoms with Gasteiger partial charge in [0.2, 0.25) is 23.6 Å². The lowest BCUT2D eigenvalue weighted by Crippen LogP contribution is -2.78. The standard InChI is InChI=1S/C70H132N4O22P2/c1-6-10-14-17-20-23-25-28-31-35-41-47-59(78)73-63-66(93-62(81)51-72-58(77)46-40-34-30-27-22-19-16-12-8-3)65(96-98(87,88)89)55(52-75)91-68(63)90-53-56-64(82)67(94-61(80)49-43-37-32-29-26-24-21-18-15-11-7-2)70(69(83)92-56,54(5)95-97(84,85)86)74-60(79)48-42-36-33-38-44-50-71-57(76)45-39-13-9-4/h54-56,63-69,75,82-83H,6-53H2,1-5H3,(H,71,76)(H,72,77)(H,73,78)(H,74,79)(H2,84,85,86)(H2,87,88,89)/t54?,55-,56-,63-,64-,65-,66-,67+,68-,69+,70-/m1/s1. The van der Waals surface area contributed by atoms with Crippen LogP contribution in [0.2, 0.25) is 0 Å². The van der Waals surface area contributed by atoms with Gasteiger partial charge in [-0.05, 0) is 45.4 Å². The Kier molecular flexibility index (Phi) is 50.5. The quantitative estimate of drug-likeness (QED) is 0.0153. The Labute approximate surface area is 586 Å². The molecule has 0 saturated carbocycles. The molecule has 11 N–H and O–H groups in total. The number of ether oxygens (including phenoxy) is 5. The Balaban J connectivity index is 2.55. The smallest absolute Gasteiger partial charge is 0.457 e. The summed E-state index contributed by atoms with van der Waals surface area (Å²) >= 11 is 0. The van der Waals surface area contributed by atoms with E-state index >= 15 is 0 Å². The summed E-state index contributed by atoms with van der Waals surface area (Å²) in [6, 6.07) is -1.74. The molecule has 0 aromatic rings. The second-order valence-corrected chi connectivity index (χ2v) is 29.4. The molecule has 2 aliphatic rings. The molecule has 0 aromatic heterocycles. The van der Waals surface area contributed by atoms with Gasteiger partial charge in [-0.1, -0.05) is 240 Å². The van der Waals surface area contributed by atoms with E-state index in [1.165, 1.54) is 51.4 Å². The van der Waals surface area contributed by atoms with Gasteiger partial charge in [0.05, 0.1) is 19.3 Å². The van der Waals surface area contributed by atoms with Gasteiger partial charge in [-0.2, -0.15) is 0 Å². The van der Waals surface area contributed by atoms with Crippen LogP contribution in [0.4, 0.5) is 0 Å². The first-order valence-corrected chi connectivity index (χ1v) is 40.9. The highest BCUT2D eigenvalue weighted by molar-refractivity contribution is 7.46. The Morgan fingerprint density at radius 2 is 0.878 bits per heavy atom. The maximum atomic E-state index is 14.1. The van der Waals surface area contributed by atoms with Crippen molar-refractivity contribution < 1.29 is 106 Å². The molecule has 2 aliphatic heterocycles. The molecule has 4 amide bonds. The summed E-state index contributed by atoms with van der Waals surface area (Å²) in [5.74, 6) is -3.98. The molecule has 0 spiro atoms. The monoisotopic (exact) mass is 1440 g/mol. The molecule has 2 heterocycles. The Morgan fingerprint density at radius 3 is 1.34 bits per heavy atom. The van der Waals surface area contributed by atoms with Crippen molar-refractivity contribution in [1.82, 2.24) is 21.3 Å². The summed E-state index contributed by atoms with van der Waals surface area (Å²) in [5, 5.41) is 46.3. The van der Waals surface area contributed by atoms with Gasteiger partial charge in [-0.25, -0.2) is 9.13 Å². The third-order valence-electron chi connectivity index (χ3n) is 18.4. The second-order valence-electron chi connectivity index (χ2n) is 27.1. The number of esters is 2. The molecule has 2 rings (SSSR count). The van der Waals surface area contributed by atoms with Crippen molar-refractivity contribution in [3.8, 4) is 0 Å². The predicted octanol–water partition coefficient (Wildman–Crippen LogP) is 11.4. The van der Waals surface area contributed by atoms with Crippen LogP contribution in [0, 0.1) is 0 Å². The number of aliphatic hydroxyl groups excluding tert-OH is 3. The van der Waals surface area contributed by atoms with E-state index in [1.54, 1.807) is 0 Å². The van der Waals surface area contributed by atoms with Crippen molar-refractivity contribution in [2.24, 2.45) is 0 Å². The maximum Gasteiger partial charge on any atom is 0.470 e. The van der Waals surface area contributed by atoms with Gasteiger partial charge in [0, 0.05) is 38.6 Å². The number of hydrogen-bond donors (Lipinski definition) is 11. The first-order chi connectivity index (χ1) is 47.0. The second kappa shape index (κ2) is 54.5. The van der Waals surface area contributed by atoms with Crippen LogP contribution in [0.3, 0.4) is 0 Å². The third kappa shape index (κ3) is 40.6. The number of amides is 4. The zero-order chi connectivity index (χ0) is 72.5. The molecule has 0 aromatic carbocycles. The van der Waals surface area contributed by atoms with Gasteiger partial charge in [-0.15, -0.1) is 0 Å². The van der Waals surface area contributed by atoms with Crippen LogP contribution >= 0.6 is 15.6 Å². The number of carbonyl (C=O) groups excluding carboxylic acids is 6. The summed E-state index contributed by atoms with van der Waals surface area (Å²) in [6.07, 6.45) is 18.5. The highest BCUT2D eigenvalue weighted by atomic mass is 31.2. The number of aliphatic hydroxyl groups is 3. The molecule has 0 bridgehead atoms. The van der Waals surface area contributed by atoms with Gasteiger partial charge in [-0.3, -0.25) is 37.8 Å². The highest BCUT2D eigenvalue weighted by Crippen LogP contribution is 2.46. The van der Waals surface area contributed by atoms with Crippen molar-refractivity contribution in [2.45, 2.75) is 384 Å².